The maximum atomic E-state index is 8.41. The standard InChI is InChI=1S/C8H19NO/c1-2-3-4-5-6-9-7-8-10/h9-10H,2-8H2,1H3. The molecule has 0 saturated carbocycles. The van der Waals surface area contributed by atoms with Crippen LogP contribution < -0.4 is 5.32 Å². The highest BCUT2D eigenvalue weighted by molar-refractivity contribution is 4.46. The first-order chi connectivity index (χ1) is 4.91. The lowest BCUT2D eigenvalue weighted by atomic mass is 10.2. The molecule has 0 rings (SSSR count). The van der Waals surface area contributed by atoms with Crippen LogP contribution in [-0.2, 0) is 0 Å². The van der Waals surface area contributed by atoms with Crippen LogP contribution in [0.15, 0.2) is 0 Å². The Hall–Kier alpha value is -0.0800. The highest BCUT2D eigenvalue weighted by atomic mass is 16.3. The van der Waals surface area contributed by atoms with Crippen molar-refractivity contribution in [1.29, 1.82) is 0 Å². The number of hydrogen-bond acceptors (Lipinski definition) is 2. The highest BCUT2D eigenvalue weighted by Crippen LogP contribution is 1.96. The van der Waals surface area contributed by atoms with Crippen LogP contribution in [0.25, 0.3) is 0 Å². The van der Waals surface area contributed by atoms with E-state index in [9.17, 15) is 0 Å². The van der Waals surface area contributed by atoms with Gasteiger partial charge in [-0.05, 0) is 13.0 Å². The van der Waals surface area contributed by atoms with E-state index in [0.29, 0.717) is 0 Å². The smallest absolute Gasteiger partial charge is 0.0555 e. The molecule has 0 fully saturated rings. The van der Waals surface area contributed by atoms with Gasteiger partial charge < -0.3 is 10.4 Å². The maximum Gasteiger partial charge on any atom is 0.0555 e. The molecule has 0 radical (unpaired) electrons. The molecule has 0 unspecified atom stereocenters. The largest absolute Gasteiger partial charge is 0.395 e. The Bertz CT molecular complexity index is 49.2. The van der Waals surface area contributed by atoms with Crippen molar-refractivity contribution < 1.29 is 5.11 Å². The Morgan fingerprint density at radius 2 is 1.90 bits per heavy atom. The molecule has 0 amide bonds. The molecule has 0 saturated heterocycles. The van der Waals surface area contributed by atoms with Crippen molar-refractivity contribution in [2.45, 2.75) is 32.6 Å². The van der Waals surface area contributed by atoms with Gasteiger partial charge in [-0.15, -0.1) is 0 Å². The van der Waals surface area contributed by atoms with E-state index in [1.54, 1.807) is 0 Å². The summed E-state index contributed by atoms with van der Waals surface area (Å²) in [6.45, 7) is 4.27. The zero-order valence-corrected chi connectivity index (χ0v) is 6.90. The summed E-state index contributed by atoms with van der Waals surface area (Å²) in [5.74, 6) is 0. The van der Waals surface area contributed by atoms with E-state index in [1.807, 2.05) is 0 Å². The van der Waals surface area contributed by atoms with Crippen LogP contribution in [0.2, 0.25) is 0 Å². The van der Waals surface area contributed by atoms with Gasteiger partial charge in [0.05, 0.1) is 6.61 Å². The van der Waals surface area contributed by atoms with Gasteiger partial charge in [0.15, 0.2) is 0 Å². The third kappa shape index (κ3) is 7.92. The minimum absolute atomic E-state index is 0.258. The molecule has 0 spiro atoms. The van der Waals surface area contributed by atoms with Crippen molar-refractivity contribution in [2.24, 2.45) is 0 Å². The summed E-state index contributed by atoms with van der Waals surface area (Å²) in [4.78, 5) is 0. The zero-order valence-electron chi connectivity index (χ0n) is 6.90. The van der Waals surface area contributed by atoms with Gasteiger partial charge in [0.1, 0.15) is 0 Å². The number of rotatable bonds is 7. The van der Waals surface area contributed by atoms with E-state index in [0.717, 1.165) is 13.1 Å². The summed E-state index contributed by atoms with van der Waals surface area (Å²) in [5, 5.41) is 11.6. The molecule has 2 N–H and O–H groups in total. The topological polar surface area (TPSA) is 32.3 Å². The maximum absolute atomic E-state index is 8.41. The van der Waals surface area contributed by atoms with Gasteiger partial charge in [-0.3, -0.25) is 0 Å². The van der Waals surface area contributed by atoms with Crippen molar-refractivity contribution in [3.8, 4) is 0 Å². The molecule has 0 atom stereocenters. The van der Waals surface area contributed by atoms with Crippen molar-refractivity contribution in [2.75, 3.05) is 19.7 Å². The van der Waals surface area contributed by atoms with Crippen LogP contribution in [0.3, 0.4) is 0 Å². The molecule has 0 aliphatic carbocycles. The Labute approximate surface area is 63.6 Å². The van der Waals surface area contributed by atoms with Crippen LogP contribution in [0.1, 0.15) is 32.6 Å². The monoisotopic (exact) mass is 145 g/mol. The average Bonchev–Trinajstić information content (AvgIpc) is 1.97. The molecule has 0 heterocycles. The number of nitrogens with one attached hydrogen (secondary N) is 1. The van der Waals surface area contributed by atoms with Gasteiger partial charge >= 0.3 is 0 Å². The second-order valence-electron chi connectivity index (χ2n) is 2.53. The molecule has 0 aliphatic heterocycles. The van der Waals surface area contributed by atoms with Crippen LogP contribution in [-0.4, -0.2) is 24.8 Å². The van der Waals surface area contributed by atoms with Gasteiger partial charge in [0.2, 0.25) is 0 Å². The minimum Gasteiger partial charge on any atom is -0.395 e. The van der Waals surface area contributed by atoms with Gasteiger partial charge in [0, 0.05) is 6.54 Å². The summed E-state index contributed by atoms with van der Waals surface area (Å²) in [6.07, 6.45) is 5.18. The molecule has 2 heteroatoms. The molecule has 0 aromatic heterocycles. The van der Waals surface area contributed by atoms with E-state index >= 15 is 0 Å². The van der Waals surface area contributed by atoms with Crippen LogP contribution >= 0.6 is 0 Å². The first-order valence-corrected chi connectivity index (χ1v) is 4.23. The van der Waals surface area contributed by atoms with Crippen LogP contribution in [0.5, 0.6) is 0 Å². The summed E-state index contributed by atoms with van der Waals surface area (Å²) in [5.41, 5.74) is 0. The zero-order chi connectivity index (χ0) is 7.66. The fourth-order valence-electron chi connectivity index (χ4n) is 0.881. The van der Waals surface area contributed by atoms with Crippen molar-refractivity contribution in [3.05, 3.63) is 0 Å². The van der Waals surface area contributed by atoms with Gasteiger partial charge in [-0.1, -0.05) is 26.2 Å². The SMILES string of the molecule is CCCCCCNCCO. The summed E-state index contributed by atoms with van der Waals surface area (Å²) < 4.78 is 0. The van der Waals surface area contributed by atoms with Crippen molar-refractivity contribution in [3.63, 3.8) is 0 Å². The molecule has 62 valence electrons. The molecular weight excluding hydrogens is 126 g/mol. The van der Waals surface area contributed by atoms with E-state index in [1.165, 1.54) is 25.7 Å². The second-order valence-corrected chi connectivity index (χ2v) is 2.53. The van der Waals surface area contributed by atoms with Crippen LogP contribution in [0, 0.1) is 0 Å². The summed E-state index contributed by atoms with van der Waals surface area (Å²) in [6, 6.07) is 0. The lowest BCUT2D eigenvalue weighted by Crippen LogP contribution is -2.19. The fraction of sp³-hybridized carbons (Fsp3) is 1.00. The number of aliphatic hydroxyl groups is 1. The Morgan fingerprint density at radius 3 is 2.50 bits per heavy atom. The second kappa shape index (κ2) is 8.92. The predicted octanol–water partition coefficient (Wildman–Crippen LogP) is 1.15. The highest BCUT2D eigenvalue weighted by Gasteiger charge is 1.86. The molecule has 0 bridgehead atoms. The number of aliphatic hydroxyl groups excluding tert-OH is 1. The quantitative estimate of drug-likeness (QED) is 0.527. The van der Waals surface area contributed by atoms with Crippen molar-refractivity contribution in [1.82, 2.24) is 5.32 Å². The molecule has 0 aromatic carbocycles. The van der Waals surface area contributed by atoms with Crippen molar-refractivity contribution >= 4 is 0 Å². The first-order valence-electron chi connectivity index (χ1n) is 4.23. The third-order valence-corrected chi connectivity index (χ3v) is 1.50. The summed E-state index contributed by atoms with van der Waals surface area (Å²) in [7, 11) is 0. The first kappa shape index (κ1) is 9.92. The van der Waals surface area contributed by atoms with Crippen LogP contribution in [0.4, 0.5) is 0 Å². The van der Waals surface area contributed by atoms with Gasteiger partial charge in [-0.25, -0.2) is 0 Å². The molecule has 0 aliphatic rings. The molecule has 10 heavy (non-hydrogen) atoms. The number of unbranched alkanes of at least 4 members (excludes halogenated alkanes) is 3. The van der Waals surface area contributed by atoms with E-state index in [-0.39, 0.29) is 6.61 Å². The van der Waals surface area contributed by atoms with Gasteiger partial charge in [-0.2, -0.15) is 0 Å². The molecular formula is C8H19NO. The van der Waals surface area contributed by atoms with E-state index in [2.05, 4.69) is 12.2 Å². The number of hydrogen-bond donors (Lipinski definition) is 2. The van der Waals surface area contributed by atoms with E-state index in [4.69, 9.17) is 5.11 Å². The molecule has 2 nitrogen and oxygen atoms in total. The fourth-order valence-corrected chi connectivity index (χ4v) is 0.881. The minimum atomic E-state index is 0.258. The lowest BCUT2D eigenvalue weighted by molar-refractivity contribution is 0.292. The summed E-state index contributed by atoms with van der Waals surface area (Å²) >= 11 is 0. The molecule has 0 aromatic rings. The van der Waals surface area contributed by atoms with Gasteiger partial charge in [0.25, 0.3) is 0 Å². The lowest BCUT2D eigenvalue weighted by Gasteiger charge is -2.00. The average molecular weight is 145 g/mol. The Morgan fingerprint density at radius 1 is 1.10 bits per heavy atom. The van der Waals surface area contributed by atoms with E-state index < -0.39 is 0 Å². The third-order valence-electron chi connectivity index (χ3n) is 1.50. The Kier molecular flexibility index (Phi) is 8.85. The normalized spacial score (nSPS) is 10.2. The Balaban J connectivity index is 2.65. The predicted molar refractivity (Wildman–Crippen MR) is 44.1 cm³/mol.